The lowest BCUT2D eigenvalue weighted by molar-refractivity contribution is 0.190. The second kappa shape index (κ2) is 9.32. The number of fused-ring (bicyclic) bond motifs is 1. The van der Waals surface area contributed by atoms with Crippen molar-refractivity contribution in [2.24, 2.45) is 5.41 Å². The largest absolute Gasteiger partial charge is 0.486 e. The van der Waals surface area contributed by atoms with Gasteiger partial charge in [0.25, 0.3) is 0 Å². The minimum atomic E-state index is -0.627. The molecule has 2 fully saturated rings. The molecule has 6 rings (SSSR count). The predicted molar refractivity (Wildman–Crippen MR) is 144 cm³/mol. The Bertz CT molecular complexity index is 1420. The second-order valence-corrected chi connectivity index (χ2v) is 12.2. The fraction of sp³-hybridized carbons (Fsp3) is 0.346. The number of aromatic nitrogens is 4. The van der Waals surface area contributed by atoms with E-state index >= 15 is 0 Å². The zero-order valence-corrected chi connectivity index (χ0v) is 22.0. The van der Waals surface area contributed by atoms with E-state index in [1.165, 1.54) is 0 Å². The number of hydrogen-bond donors (Lipinski definition) is 1. The summed E-state index contributed by atoms with van der Waals surface area (Å²) < 4.78 is 17.9. The summed E-state index contributed by atoms with van der Waals surface area (Å²) in [5, 5.41) is 9.53. The van der Waals surface area contributed by atoms with E-state index < -0.39 is 10.8 Å². The molecule has 7 nitrogen and oxygen atoms in total. The van der Waals surface area contributed by atoms with Crippen LogP contribution in [0, 0.1) is 5.41 Å². The summed E-state index contributed by atoms with van der Waals surface area (Å²) in [7, 11) is -0.627. The van der Waals surface area contributed by atoms with Crippen LogP contribution in [0.1, 0.15) is 31.4 Å². The number of halogens is 2. The third kappa shape index (κ3) is 4.35. The van der Waals surface area contributed by atoms with Crippen LogP contribution in [0.25, 0.3) is 22.2 Å². The van der Waals surface area contributed by atoms with Crippen LogP contribution in [0.2, 0.25) is 10.0 Å². The molecular formula is C26H25Cl2N5O2S. The molecule has 0 saturated carbocycles. The molecule has 1 N–H and O–H groups in total. The summed E-state index contributed by atoms with van der Waals surface area (Å²) in [6.07, 6.45) is 6.75. The molecule has 2 saturated heterocycles. The van der Waals surface area contributed by atoms with Crippen LogP contribution in [-0.4, -0.2) is 49.0 Å². The van der Waals surface area contributed by atoms with Crippen LogP contribution < -0.4 is 9.64 Å². The van der Waals surface area contributed by atoms with Crippen molar-refractivity contribution in [1.29, 1.82) is 0 Å². The smallest absolute Gasteiger partial charge is 0.128 e. The van der Waals surface area contributed by atoms with Gasteiger partial charge in [-0.05, 0) is 50.1 Å². The fourth-order valence-electron chi connectivity index (χ4n) is 5.20. The molecule has 186 valence electrons. The van der Waals surface area contributed by atoms with Crippen LogP contribution >= 0.6 is 23.2 Å². The molecule has 10 heteroatoms. The van der Waals surface area contributed by atoms with Gasteiger partial charge in [-0.2, -0.15) is 5.10 Å². The molecule has 36 heavy (non-hydrogen) atoms. The van der Waals surface area contributed by atoms with Gasteiger partial charge in [-0.3, -0.25) is 14.3 Å². The Morgan fingerprint density at radius 2 is 1.83 bits per heavy atom. The Kier molecular flexibility index (Phi) is 6.14. The van der Waals surface area contributed by atoms with Crippen LogP contribution in [0.5, 0.6) is 5.75 Å². The first-order chi connectivity index (χ1) is 17.4. The maximum Gasteiger partial charge on any atom is 0.128 e. The van der Waals surface area contributed by atoms with Gasteiger partial charge in [-0.1, -0.05) is 23.2 Å². The first-order valence-electron chi connectivity index (χ1n) is 11.9. The van der Waals surface area contributed by atoms with Gasteiger partial charge in [0.1, 0.15) is 23.4 Å². The summed E-state index contributed by atoms with van der Waals surface area (Å²) in [6, 6.07) is 9.92. The average molecular weight is 542 g/mol. The molecule has 1 aromatic carbocycles. The lowest BCUT2D eigenvalue weighted by Gasteiger charge is -2.52. The van der Waals surface area contributed by atoms with Gasteiger partial charge in [0.2, 0.25) is 0 Å². The van der Waals surface area contributed by atoms with Crippen molar-refractivity contribution in [3.05, 3.63) is 64.5 Å². The lowest BCUT2D eigenvalue weighted by Crippen LogP contribution is -2.59. The predicted octanol–water partition coefficient (Wildman–Crippen LogP) is 5.82. The quantitative estimate of drug-likeness (QED) is 0.343. The number of nitrogens with one attached hydrogen (secondary N) is 1. The molecule has 5 heterocycles. The lowest BCUT2D eigenvalue weighted by atomic mass is 9.75. The summed E-state index contributed by atoms with van der Waals surface area (Å²) >= 11 is 12.6. The van der Waals surface area contributed by atoms with Gasteiger partial charge in [-0.15, -0.1) is 0 Å². The van der Waals surface area contributed by atoms with Crippen molar-refractivity contribution in [3.63, 3.8) is 0 Å². The molecule has 0 unspecified atom stereocenters. The first-order valence-corrected chi connectivity index (χ1v) is 14.2. The summed E-state index contributed by atoms with van der Waals surface area (Å²) in [4.78, 5) is 11.1. The number of ether oxygens (including phenoxy) is 1. The topological polar surface area (TPSA) is 84.0 Å². The van der Waals surface area contributed by atoms with Crippen LogP contribution in [0.15, 0.2) is 48.9 Å². The summed E-state index contributed by atoms with van der Waals surface area (Å²) in [5.74, 6) is 3.32. The number of nitrogens with zero attached hydrogens (tertiary/aromatic N) is 4. The molecule has 0 bridgehead atoms. The van der Waals surface area contributed by atoms with Gasteiger partial charge < -0.3 is 9.64 Å². The van der Waals surface area contributed by atoms with E-state index in [2.05, 4.69) is 32.2 Å². The number of pyridine rings is 2. The number of rotatable bonds is 5. The number of H-pyrrole nitrogens is 1. The highest BCUT2D eigenvalue weighted by molar-refractivity contribution is 7.85. The molecule has 0 amide bonds. The van der Waals surface area contributed by atoms with E-state index in [0.29, 0.717) is 26.8 Å². The third-order valence-corrected chi connectivity index (χ3v) is 9.18. The van der Waals surface area contributed by atoms with E-state index in [1.54, 1.807) is 12.4 Å². The van der Waals surface area contributed by atoms with Crippen LogP contribution in [-0.2, 0) is 10.8 Å². The van der Waals surface area contributed by atoms with Crippen molar-refractivity contribution in [3.8, 4) is 17.0 Å². The number of anilines is 1. The van der Waals surface area contributed by atoms with Crippen molar-refractivity contribution >= 4 is 50.7 Å². The Hall–Kier alpha value is -2.68. The SMILES string of the molecule is C[C@@H](Oc1ccc2[nH]nc(-c3ccc(N4CC5(CCS(=O)CC5)C4)nc3)c2c1)c1c(Cl)cncc1Cl. The van der Waals surface area contributed by atoms with E-state index in [1.807, 2.05) is 31.3 Å². The van der Waals surface area contributed by atoms with Crippen molar-refractivity contribution in [1.82, 2.24) is 20.2 Å². The van der Waals surface area contributed by atoms with Crippen molar-refractivity contribution in [2.45, 2.75) is 25.9 Å². The molecule has 2 aliphatic heterocycles. The van der Waals surface area contributed by atoms with Crippen LogP contribution in [0.3, 0.4) is 0 Å². The minimum Gasteiger partial charge on any atom is -0.486 e. The molecule has 1 spiro atoms. The molecule has 0 aliphatic carbocycles. The monoisotopic (exact) mass is 541 g/mol. The Labute approximate surface area is 221 Å². The Balaban J connectivity index is 1.20. The van der Waals surface area contributed by atoms with Crippen LogP contribution in [0.4, 0.5) is 5.82 Å². The second-order valence-electron chi connectivity index (χ2n) is 9.67. The molecule has 0 radical (unpaired) electrons. The van der Waals surface area contributed by atoms with Gasteiger partial charge in [0.15, 0.2) is 0 Å². The Morgan fingerprint density at radius 1 is 1.08 bits per heavy atom. The van der Waals surface area contributed by atoms with E-state index in [4.69, 9.17) is 32.9 Å². The minimum absolute atomic E-state index is 0.324. The van der Waals surface area contributed by atoms with E-state index in [9.17, 15) is 4.21 Å². The summed E-state index contributed by atoms with van der Waals surface area (Å²) in [6.45, 7) is 3.89. The zero-order chi connectivity index (χ0) is 24.9. The van der Waals surface area contributed by atoms with Crippen molar-refractivity contribution < 1.29 is 8.95 Å². The average Bonchev–Trinajstić information content (AvgIpc) is 3.27. The Morgan fingerprint density at radius 3 is 2.53 bits per heavy atom. The van der Waals surface area contributed by atoms with E-state index in [-0.39, 0.29) is 6.10 Å². The van der Waals surface area contributed by atoms with E-state index in [0.717, 1.165) is 65.4 Å². The molecule has 4 aromatic rings. The van der Waals surface area contributed by atoms with Crippen molar-refractivity contribution in [2.75, 3.05) is 29.5 Å². The zero-order valence-electron chi connectivity index (χ0n) is 19.7. The molecule has 1 atom stereocenters. The number of aromatic amines is 1. The number of hydrogen-bond acceptors (Lipinski definition) is 6. The fourth-order valence-corrected chi connectivity index (χ4v) is 7.40. The third-order valence-electron chi connectivity index (χ3n) is 7.26. The summed E-state index contributed by atoms with van der Waals surface area (Å²) in [5.41, 5.74) is 3.68. The van der Waals surface area contributed by atoms with Gasteiger partial charge >= 0.3 is 0 Å². The number of benzene rings is 1. The maximum atomic E-state index is 11.7. The molecule has 2 aliphatic rings. The maximum absolute atomic E-state index is 11.7. The molecular weight excluding hydrogens is 517 g/mol. The van der Waals surface area contributed by atoms with Gasteiger partial charge in [0, 0.05) is 75.9 Å². The first kappa shape index (κ1) is 23.7. The normalized spacial score (nSPS) is 18.4. The highest BCUT2D eigenvalue weighted by atomic mass is 35.5. The highest BCUT2D eigenvalue weighted by Gasteiger charge is 2.45. The standard InChI is InChI=1S/C26H25Cl2N5O2S/c1-16(24-20(27)12-29-13-21(24)28)35-18-3-4-22-19(10-18)25(32-31-22)17-2-5-23(30-11-17)33-14-26(15-33)6-8-36(34)9-7-26/h2-5,10-13,16H,6-9,14-15H2,1H3,(H,31,32)/t16-/m1/s1. The molecule has 3 aromatic heterocycles. The van der Waals surface area contributed by atoms with Gasteiger partial charge in [-0.25, -0.2) is 4.98 Å². The highest BCUT2D eigenvalue weighted by Crippen LogP contribution is 2.42. The van der Waals surface area contributed by atoms with Gasteiger partial charge in [0.05, 0.1) is 15.6 Å².